The van der Waals surface area contributed by atoms with Crippen LogP contribution in [0.4, 0.5) is 0 Å². The lowest BCUT2D eigenvalue weighted by molar-refractivity contribution is 0.781. The van der Waals surface area contributed by atoms with Crippen LogP contribution in [0, 0.1) is 3.57 Å². The van der Waals surface area contributed by atoms with E-state index in [1.807, 2.05) is 0 Å². The third-order valence-electron chi connectivity index (χ3n) is 3.96. The largest absolute Gasteiger partial charge is 0.320 e. The van der Waals surface area contributed by atoms with Crippen molar-refractivity contribution >= 4 is 22.6 Å². The molecule has 0 spiro atoms. The predicted octanol–water partition coefficient (Wildman–Crippen LogP) is 5.59. The summed E-state index contributed by atoms with van der Waals surface area (Å²) >= 11 is 2.32. The molecular weight excluding hydrogens is 369 g/mol. The highest BCUT2D eigenvalue weighted by atomic mass is 127. The normalized spacial score (nSPS) is 13.0. The SMILES string of the molecule is CC(C)c1ccc(C(N)c2ccc(I)cc2)c(C(C)C)c1. The predicted molar refractivity (Wildman–Crippen MR) is 99.8 cm³/mol. The van der Waals surface area contributed by atoms with Crippen molar-refractivity contribution in [2.75, 3.05) is 0 Å². The van der Waals surface area contributed by atoms with E-state index in [-0.39, 0.29) is 6.04 Å². The van der Waals surface area contributed by atoms with Gasteiger partial charge in [0, 0.05) is 3.57 Å². The second-order valence-corrected chi connectivity index (χ2v) is 7.47. The molecule has 2 N–H and O–H groups in total. The van der Waals surface area contributed by atoms with E-state index in [1.165, 1.54) is 25.8 Å². The van der Waals surface area contributed by atoms with E-state index in [2.05, 4.69) is 92.8 Å². The van der Waals surface area contributed by atoms with Crippen molar-refractivity contribution in [1.82, 2.24) is 0 Å². The van der Waals surface area contributed by atoms with Gasteiger partial charge >= 0.3 is 0 Å². The zero-order valence-electron chi connectivity index (χ0n) is 13.2. The standard InChI is InChI=1S/C19H24IN/c1-12(2)15-7-10-17(18(11-15)13(3)4)19(21)14-5-8-16(20)9-6-14/h5-13,19H,21H2,1-4H3. The van der Waals surface area contributed by atoms with Gasteiger partial charge in [-0.15, -0.1) is 0 Å². The van der Waals surface area contributed by atoms with Gasteiger partial charge in [0.1, 0.15) is 0 Å². The summed E-state index contributed by atoms with van der Waals surface area (Å²) in [4.78, 5) is 0. The lowest BCUT2D eigenvalue weighted by Gasteiger charge is -2.21. The molecule has 2 aromatic carbocycles. The summed E-state index contributed by atoms with van der Waals surface area (Å²) in [6.45, 7) is 8.95. The van der Waals surface area contributed by atoms with Crippen molar-refractivity contribution in [2.45, 2.75) is 45.6 Å². The first-order valence-corrected chi connectivity index (χ1v) is 8.62. The maximum absolute atomic E-state index is 6.53. The monoisotopic (exact) mass is 393 g/mol. The minimum absolute atomic E-state index is 0.0550. The molecule has 1 nitrogen and oxygen atoms in total. The van der Waals surface area contributed by atoms with Crippen LogP contribution in [0.3, 0.4) is 0 Å². The number of nitrogens with two attached hydrogens (primary N) is 1. The first-order valence-electron chi connectivity index (χ1n) is 7.55. The van der Waals surface area contributed by atoms with Gasteiger partial charge in [-0.05, 0) is 68.8 Å². The molecule has 0 saturated carbocycles. The molecule has 21 heavy (non-hydrogen) atoms. The van der Waals surface area contributed by atoms with Crippen molar-refractivity contribution in [2.24, 2.45) is 5.73 Å². The fourth-order valence-corrected chi connectivity index (χ4v) is 2.94. The van der Waals surface area contributed by atoms with E-state index in [0.717, 1.165) is 0 Å². The van der Waals surface area contributed by atoms with Crippen LogP contribution in [-0.4, -0.2) is 0 Å². The quantitative estimate of drug-likeness (QED) is 0.674. The number of rotatable bonds is 4. The Bertz CT molecular complexity index is 599. The fourth-order valence-electron chi connectivity index (χ4n) is 2.59. The maximum Gasteiger partial charge on any atom is 0.0554 e. The average molecular weight is 393 g/mol. The smallest absolute Gasteiger partial charge is 0.0554 e. The first kappa shape index (κ1) is 16.5. The third kappa shape index (κ3) is 3.86. The Hall–Kier alpha value is -0.870. The van der Waals surface area contributed by atoms with Gasteiger partial charge < -0.3 is 5.73 Å². The second kappa shape index (κ2) is 6.93. The summed E-state index contributed by atoms with van der Waals surface area (Å²) in [5.41, 5.74) is 11.7. The zero-order valence-corrected chi connectivity index (χ0v) is 15.4. The molecule has 1 unspecified atom stereocenters. The molecule has 0 amide bonds. The Balaban J connectivity index is 2.44. The van der Waals surface area contributed by atoms with Gasteiger partial charge in [-0.25, -0.2) is 0 Å². The lowest BCUT2D eigenvalue weighted by atomic mass is 9.87. The summed E-state index contributed by atoms with van der Waals surface area (Å²) < 4.78 is 1.24. The minimum atomic E-state index is -0.0550. The van der Waals surface area contributed by atoms with Gasteiger partial charge in [0.25, 0.3) is 0 Å². The van der Waals surface area contributed by atoms with Crippen LogP contribution in [0.1, 0.15) is 67.8 Å². The van der Waals surface area contributed by atoms with E-state index < -0.39 is 0 Å². The molecule has 0 aromatic heterocycles. The van der Waals surface area contributed by atoms with Gasteiger partial charge in [-0.2, -0.15) is 0 Å². The van der Waals surface area contributed by atoms with E-state index >= 15 is 0 Å². The topological polar surface area (TPSA) is 26.0 Å². The van der Waals surface area contributed by atoms with Gasteiger partial charge in [0.2, 0.25) is 0 Å². The molecule has 0 saturated heterocycles. The van der Waals surface area contributed by atoms with Gasteiger partial charge in [0.15, 0.2) is 0 Å². The molecule has 2 aromatic rings. The molecule has 0 aliphatic carbocycles. The van der Waals surface area contributed by atoms with E-state index in [9.17, 15) is 0 Å². The summed E-state index contributed by atoms with van der Waals surface area (Å²) in [5.74, 6) is 1.03. The van der Waals surface area contributed by atoms with Crippen LogP contribution in [0.2, 0.25) is 0 Å². The lowest BCUT2D eigenvalue weighted by Crippen LogP contribution is -2.15. The van der Waals surface area contributed by atoms with Crippen molar-refractivity contribution in [3.63, 3.8) is 0 Å². The molecule has 0 fully saturated rings. The molecule has 2 rings (SSSR count). The highest BCUT2D eigenvalue weighted by Crippen LogP contribution is 2.31. The molecule has 0 heterocycles. The Morgan fingerprint density at radius 1 is 0.762 bits per heavy atom. The Labute approximate surface area is 142 Å². The van der Waals surface area contributed by atoms with Gasteiger partial charge in [-0.1, -0.05) is 58.0 Å². The Morgan fingerprint density at radius 3 is 1.86 bits per heavy atom. The molecule has 112 valence electrons. The molecule has 0 aliphatic heterocycles. The summed E-state index contributed by atoms with van der Waals surface area (Å²) in [6.07, 6.45) is 0. The van der Waals surface area contributed by atoms with Crippen LogP contribution in [-0.2, 0) is 0 Å². The molecule has 0 aliphatic rings. The summed E-state index contributed by atoms with van der Waals surface area (Å²) in [6, 6.07) is 15.2. The zero-order chi connectivity index (χ0) is 15.6. The van der Waals surface area contributed by atoms with Crippen LogP contribution < -0.4 is 5.73 Å². The van der Waals surface area contributed by atoms with Crippen LogP contribution in [0.25, 0.3) is 0 Å². The second-order valence-electron chi connectivity index (χ2n) is 6.23. The fraction of sp³-hybridized carbons (Fsp3) is 0.368. The van der Waals surface area contributed by atoms with E-state index in [0.29, 0.717) is 11.8 Å². The van der Waals surface area contributed by atoms with Crippen LogP contribution in [0.15, 0.2) is 42.5 Å². The first-order chi connectivity index (χ1) is 9.90. The number of benzene rings is 2. The molecular formula is C19H24IN. The number of hydrogen-bond donors (Lipinski definition) is 1. The molecule has 1 atom stereocenters. The van der Waals surface area contributed by atoms with Gasteiger partial charge in [-0.3, -0.25) is 0 Å². The van der Waals surface area contributed by atoms with E-state index in [1.54, 1.807) is 0 Å². The molecule has 2 heteroatoms. The van der Waals surface area contributed by atoms with Crippen molar-refractivity contribution < 1.29 is 0 Å². The van der Waals surface area contributed by atoms with E-state index in [4.69, 9.17) is 5.73 Å². The summed E-state index contributed by atoms with van der Waals surface area (Å²) in [7, 11) is 0. The van der Waals surface area contributed by atoms with Crippen molar-refractivity contribution in [3.05, 3.63) is 68.3 Å². The molecule has 0 bridgehead atoms. The van der Waals surface area contributed by atoms with Crippen molar-refractivity contribution in [1.29, 1.82) is 0 Å². The van der Waals surface area contributed by atoms with Gasteiger partial charge in [0.05, 0.1) is 6.04 Å². The maximum atomic E-state index is 6.53. The molecule has 0 radical (unpaired) electrons. The van der Waals surface area contributed by atoms with Crippen LogP contribution >= 0.6 is 22.6 Å². The summed E-state index contributed by atoms with van der Waals surface area (Å²) in [5, 5.41) is 0. The highest BCUT2D eigenvalue weighted by molar-refractivity contribution is 14.1. The van der Waals surface area contributed by atoms with Crippen LogP contribution in [0.5, 0.6) is 0 Å². The third-order valence-corrected chi connectivity index (χ3v) is 4.68. The highest BCUT2D eigenvalue weighted by Gasteiger charge is 2.16. The number of halogens is 1. The average Bonchev–Trinajstić information content (AvgIpc) is 2.46. The Morgan fingerprint density at radius 2 is 1.33 bits per heavy atom. The minimum Gasteiger partial charge on any atom is -0.320 e. The Kier molecular flexibility index (Phi) is 5.44. The number of hydrogen-bond acceptors (Lipinski definition) is 1. The van der Waals surface area contributed by atoms with Crippen molar-refractivity contribution in [3.8, 4) is 0 Å².